The summed E-state index contributed by atoms with van der Waals surface area (Å²) in [5.41, 5.74) is 0. The van der Waals surface area contributed by atoms with Crippen molar-refractivity contribution in [1.29, 1.82) is 0 Å². The van der Waals surface area contributed by atoms with E-state index in [1.54, 1.807) is 6.26 Å². The molecule has 0 radical (unpaired) electrons. The van der Waals surface area contributed by atoms with E-state index in [9.17, 15) is 54.7 Å². The van der Waals surface area contributed by atoms with Crippen LogP contribution in [-0.2, 0) is 112 Å². The van der Waals surface area contributed by atoms with Crippen molar-refractivity contribution in [3.63, 3.8) is 0 Å². The van der Waals surface area contributed by atoms with Crippen LogP contribution in [0.1, 0.15) is 141 Å². The van der Waals surface area contributed by atoms with Crippen molar-refractivity contribution in [2.75, 3.05) is 54.0 Å². The number of esters is 6. The topological polar surface area (TPSA) is 291 Å². The van der Waals surface area contributed by atoms with Crippen LogP contribution >= 0.6 is 0 Å². The summed E-state index contributed by atoms with van der Waals surface area (Å²) in [6, 6.07) is 25.6. The molecule has 4 aromatic carbocycles. The molecule has 10 atom stereocenters. The van der Waals surface area contributed by atoms with E-state index in [0.717, 1.165) is 71.6 Å². The molecule has 10 unspecified atom stereocenters. The van der Waals surface area contributed by atoms with E-state index < -0.39 is 68.1 Å². The van der Waals surface area contributed by atoms with Crippen LogP contribution in [0, 0.1) is 82.9 Å². The average molecular weight is 1520 g/mol. The summed E-state index contributed by atoms with van der Waals surface area (Å²) in [6.45, 7) is 0.0235. The number of rotatable bonds is 16. The van der Waals surface area contributed by atoms with Crippen molar-refractivity contribution in [2.24, 2.45) is 82.9 Å². The predicted molar refractivity (Wildman–Crippen MR) is 382 cm³/mol. The summed E-state index contributed by atoms with van der Waals surface area (Å²) < 4.78 is 108. The fraction of sp³-hybridized carbons (Fsp3) is 0.662. The molecule has 18 fully saturated rings. The maximum atomic E-state index is 12.7. The van der Waals surface area contributed by atoms with Crippen LogP contribution in [0.3, 0.4) is 0 Å². The van der Waals surface area contributed by atoms with Gasteiger partial charge < -0.3 is 59.6 Å². The number of carbonyl (C=O) groups excluding carboxylic acids is 6. The molecular formula is C77H95NaO20S5. The quantitative estimate of drug-likeness (QED) is 0.0262. The van der Waals surface area contributed by atoms with E-state index in [2.05, 4.69) is 85.4 Å². The van der Waals surface area contributed by atoms with Gasteiger partial charge in [-0.05, 0) is 237 Å². The Morgan fingerprint density at radius 3 is 1.04 bits per heavy atom. The molecule has 0 N–H and O–H groups in total. The molecule has 4 aromatic rings. The van der Waals surface area contributed by atoms with E-state index in [1.807, 2.05) is 0 Å². The maximum absolute atomic E-state index is 12.7. The largest absolute Gasteiger partial charge is 1.00 e. The van der Waals surface area contributed by atoms with Gasteiger partial charge in [0, 0.05) is 55.2 Å². The first-order chi connectivity index (χ1) is 49.1. The SMILES string of the molecule is C[S-].O=C(COc1ccc([S+]2CCCC2)c2ccccc12)OC1C2CC3CC(C2)CC1C3.O=C(COc1ccc([S+]2CCCC2)c2ccccc12)OC1C2CC3CC(C2)CC1C3.O=C(CS(=O)(=O)[O-])OC1C2CC3CC(C2)C(=O)OC1C3.O=C(CS(=O)(=O)[O-])OC1C2CC3CC(C2)C(=O)OC1C3.[Na+]. The normalized spacial score (nSPS) is 34.3. The number of benzene rings is 4. The average Bonchev–Trinajstić information content (AvgIpc) is 1.71. The van der Waals surface area contributed by atoms with Crippen LogP contribution in [-0.4, -0.2) is 152 Å². The Labute approximate surface area is 637 Å². The number of fused-ring (bicyclic) bond motifs is 4. The zero-order valence-corrected chi connectivity index (χ0v) is 65.0. The summed E-state index contributed by atoms with van der Waals surface area (Å²) >= 11 is 4.08. The molecule has 103 heavy (non-hydrogen) atoms. The van der Waals surface area contributed by atoms with Crippen molar-refractivity contribution in [3.8, 4) is 11.5 Å². The van der Waals surface area contributed by atoms with Crippen LogP contribution in [0.2, 0.25) is 0 Å². The third-order valence-electron chi connectivity index (χ3n) is 24.7. The van der Waals surface area contributed by atoms with Crippen molar-refractivity contribution < 1.29 is 122 Å². The van der Waals surface area contributed by atoms with Gasteiger partial charge in [0.05, 0.1) is 11.8 Å². The van der Waals surface area contributed by atoms with E-state index in [1.165, 1.54) is 133 Å². The van der Waals surface area contributed by atoms with Gasteiger partial charge in [-0.25, -0.2) is 26.4 Å². The minimum absolute atomic E-state index is 0. The Balaban J connectivity index is 0.000000123. The van der Waals surface area contributed by atoms with Crippen LogP contribution < -0.4 is 39.0 Å². The molecule has 12 aliphatic carbocycles. The summed E-state index contributed by atoms with van der Waals surface area (Å²) in [5, 5.41) is 4.82. The minimum Gasteiger partial charge on any atom is -0.796 e. The molecule has 6 heterocycles. The third kappa shape index (κ3) is 18.2. The summed E-state index contributed by atoms with van der Waals surface area (Å²) in [7, 11) is -8.59. The van der Waals surface area contributed by atoms with Gasteiger partial charge in [-0.15, -0.1) is 0 Å². The first-order valence-electron chi connectivity index (χ1n) is 37.2. The van der Waals surface area contributed by atoms with Crippen molar-refractivity contribution in [1.82, 2.24) is 0 Å². The molecule has 554 valence electrons. The van der Waals surface area contributed by atoms with E-state index in [-0.39, 0.29) is 103 Å². The summed E-state index contributed by atoms with van der Waals surface area (Å²) in [4.78, 5) is 74.9. The van der Waals surface area contributed by atoms with Gasteiger partial charge in [0.1, 0.15) is 103 Å². The molecule has 0 aromatic heterocycles. The molecule has 12 saturated carbocycles. The van der Waals surface area contributed by atoms with Gasteiger partial charge in [0.2, 0.25) is 0 Å². The number of ether oxygens (including phenoxy) is 8. The van der Waals surface area contributed by atoms with Gasteiger partial charge in [0.25, 0.3) is 0 Å². The van der Waals surface area contributed by atoms with E-state index in [4.69, 9.17) is 37.9 Å². The Hall–Kier alpha value is -4.31. The first kappa shape index (κ1) is 76.9. The molecule has 18 aliphatic rings. The zero-order valence-electron chi connectivity index (χ0n) is 58.9. The Bertz CT molecular complexity index is 3680. The van der Waals surface area contributed by atoms with Crippen LogP contribution in [0.5, 0.6) is 11.5 Å². The van der Waals surface area contributed by atoms with Gasteiger partial charge in [0.15, 0.2) is 23.0 Å². The van der Waals surface area contributed by atoms with Crippen LogP contribution in [0.15, 0.2) is 82.6 Å². The second kappa shape index (κ2) is 33.3. The Morgan fingerprint density at radius 2 is 0.709 bits per heavy atom. The van der Waals surface area contributed by atoms with Crippen LogP contribution in [0.4, 0.5) is 0 Å². The molecule has 6 aliphatic heterocycles. The minimum atomic E-state index is -4.65. The Morgan fingerprint density at radius 1 is 0.408 bits per heavy atom. The van der Waals surface area contributed by atoms with Gasteiger partial charge >= 0.3 is 65.4 Å². The molecule has 26 heteroatoms. The van der Waals surface area contributed by atoms with E-state index >= 15 is 0 Å². The number of hydrogen-bond acceptors (Lipinski definition) is 21. The van der Waals surface area contributed by atoms with Gasteiger partial charge in [-0.3, -0.25) is 19.2 Å². The predicted octanol–water partition coefficient (Wildman–Crippen LogP) is 7.49. The van der Waals surface area contributed by atoms with Crippen LogP contribution in [0.25, 0.3) is 21.5 Å². The molecule has 16 bridgehead atoms. The first-order valence-corrected chi connectivity index (χ1v) is 44.3. The van der Waals surface area contributed by atoms with Gasteiger partial charge in [-0.2, -0.15) is 6.26 Å². The molecular weight excluding hydrogens is 1430 g/mol. The molecule has 0 spiro atoms. The van der Waals surface area contributed by atoms with Crippen molar-refractivity contribution in [3.05, 3.63) is 72.8 Å². The zero-order chi connectivity index (χ0) is 71.1. The van der Waals surface area contributed by atoms with Crippen molar-refractivity contribution >= 4 is 112 Å². The Kier molecular flexibility index (Phi) is 24.8. The summed E-state index contributed by atoms with van der Waals surface area (Å²) in [6.07, 6.45) is 23.8. The molecule has 0 amide bonds. The second-order valence-corrected chi connectivity index (χ2v) is 38.9. The number of carbonyl (C=O) groups is 6. The standard InChI is InChI=1S/2C26H31O3S.2C12H16O7S.CH4S.Na/c2*27-25(29-26-19-12-17-11-18(14-19)15-20(26)13-17)16-28-23-7-8-24(30-9-3-4-10-30)22-6-2-1-5-21(22)23;2*13-10(5-20(15,16)17)19-11-7-1-6-2-8(4-7)12(14)18-9(11)3-6;1-2;/h2*1-2,5-8,17-20,26H,3-4,9-16H2;2*6-9,11H,1-5H2,(H,15,16,17);2H,1H3;/q2*+1;;;;+1/p-3. The molecule has 6 saturated heterocycles. The van der Waals surface area contributed by atoms with Gasteiger partial charge in [-0.1, -0.05) is 36.4 Å². The summed E-state index contributed by atoms with van der Waals surface area (Å²) in [5.74, 6) is 7.96. The second-order valence-electron chi connectivity index (χ2n) is 31.6. The van der Waals surface area contributed by atoms with E-state index in [0.29, 0.717) is 83.0 Å². The maximum Gasteiger partial charge on any atom is 1.00 e. The smallest absolute Gasteiger partial charge is 0.796 e. The third-order valence-corrected chi connectivity index (χ3v) is 30.9. The molecule has 20 nitrogen and oxygen atoms in total. The molecule has 22 rings (SSSR count). The van der Waals surface area contributed by atoms with Crippen molar-refractivity contribution in [2.45, 2.75) is 188 Å². The number of hydrogen-bond donors (Lipinski definition) is 0. The fourth-order valence-electron chi connectivity index (χ4n) is 21.3. The monoisotopic (exact) mass is 1520 g/mol. The fourth-order valence-corrected chi connectivity index (χ4v) is 27.0.